The van der Waals surface area contributed by atoms with Crippen LogP contribution in [0.25, 0.3) is 22.9 Å². The van der Waals surface area contributed by atoms with Gasteiger partial charge in [0.05, 0.1) is 12.6 Å². The number of nitriles is 1. The molecule has 5 nitrogen and oxygen atoms in total. The van der Waals surface area contributed by atoms with Crippen LogP contribution in [-0.4, -0.2) is 26.2 Å². The molecule has 13 heavy (non-hydrogen) atoms. The van der Waals surface area contributed by atoms with Crippen LogP contribution in [0.4, 0.5) is 0 Å². The first-order valence-corrected chi connectivity index (χ1v) is 4.95. The van der Waals surface area contributed by atoms with Crippen molar-refractivity contribution in [3.05, 3.63) is 22.9 Å². The maximum absolute atomic E-state index is 7.23. The van der Waals surface area contributed by atoms with Crippen LogP contribution in [0.2, 0.25) is 0 Å². The van der Waals surface area contributed by atoms with E-state index in [9.17, 15) is 0 Å². The number of nitrogens with one attached hydrogen (secondary N) is 4. The SMILES string of the molecule is N#C[SH2+].[Cl][Co+2].[NH-]CC[NH-].[NH-]CC[NH-]. The second kappa shape index (κ2) is 54.8. The Kier molecular flexibility index (Phi) is 98.5. The van der Waals surface area contributed by atoms with Gasteiger partial charge in [-0.1, -0.05) is 0 Å². The Morgan fingerprint density at radius 3 is 1.08 bits per heavy atom. The van der Waals surface area contributed by atoms with Crippen molar-refractivity contribution in [3.63, 3.8) is 0 Å². The van der Waals surface area contributed by atoms with Gasteiger partial charge in [0.2, 0.25) is 0 Å². The predicted octanol–water partition coefficient (Wildman–Crippen LogP) is 2.35. The fraction of sp³-hybridized carbons (Fsp3) is 0.800. The largest absolute Gasteiger partial charge is 0.679 e. The first kappa shape index (κ1) is 23.4. The van der Waals surface area contributed by atoms with E-state index < -0.39 is 0 Å². The zero-order valence-corrected chi connectivity index (χ0v) is 9.78. The topological polar surface area (TPSA) is 119 Å². The molecule has 0 aliphatic carbocycles. The molecule has 0 bridgehead atoms. The molecule has 0 heterocycles. The summed E-state index contributed by atoms with van der Waals surface area (Å²) >= 11 is 5.52. The Hall–Kier alpha value is 0.476. The van der Waals surface area contributed by atoms with E-state index in [0.717, 1.165) is 0 Å². The van der Waals surface area contributed by atoms with Crippen LogP contribution >= 0.6 is 10.1 Å². The van der Waals surface area contributed by atoms with Crippen LogP contribution in [0.3, 0.4) is 0 Å². The Bertz CT molecular complexity index is 73.8. The molecule has 0 aromatic carbocycles. The van der Waals surface area contributed by atoms with E-state index in [1.807, 2.05) is 0 Å². The fourth-order valence-corrected chi connectivity index (χ4v) is 0. The van der Waals surface area contributed by atoms with E-state index in [-0.39, 0.29) is 26.2 Å². The molecule has 4 N–H and O–H groups in total. The van der Waals surface area contributed by atoms with Crippen LogP contribution in [0, 0.1) is 10.7 Å². The Balaban J connectivity index is -0.0000000431. The van der Waals surface area contributed by atoms with Crippen molar-refractivity contribution in [3.8, 4) is 5.40 Å². The number of nitrogens with zero attached hydrogens (tertiary/aromatic N) is 1. The smallest absolute Gasteiger partial charge is 0.171 e. The molecule has 0 aliphatic rings. The van der Waals surface area contributed by atoms with Crippen molar-refractivity contribution in [1.29, 1.82) is 5.26 Å². The van der Waals surface area contributed by atoms with Crippen LogP contribution < -0.4 is 0 Å². The minimum atomic E-state index is 0.236. The molecule has 0 aromatic rings. The molecule has 82 valence electrons. The zero-order valence-electron chi connectivity index (χ0n) is 6.99. The van der Waals surface area contributed by atoms with Crippen molar-refractivity contribution in [2.24, 2.45) is 0 Å². The summed E-state index contributed by atoms with van der Waals surface area (Å²) in [6, 6.07) is 0. The van der Waals surface area contributed by atoms with Gasteiger partial charge in [0.1, 0.15) is 0 Å². The summed E-state index contributed by atoms with van der Waals surface area (Å²) in [7, 11) is 4.33. The van der Waals surface area contributed by atoms with Crippen molar-refractivity contribution in [1.82, 2.24) is 0 Å². The molecule has 0 aliphatic heterocycles. The molecule has 0 rings (SSSR count). The molecule has 0 saturated heterocycles. The molecule has 0 amide bonds. The van der Waals surface area contributed by atoms with E-state index in [4.69, 9.17) is 28.2 Å². The number of rotatable bonds is 2. The minimum Gasteiger partial charge on any atom is -0.679 e. The molecule has 0 fully saturated rings. The normalized spacial score (nSPS) is 5.69. The van der Waals surface area contributed by atoms with E-state index in [2.05, 4.69) is 37.6 Å². The average molecular weight is 271 g/mol. The first-order chi connectivity index (χ1) is 6.24. The summed E-state index contributed by atoms with van der Waals surface area (Å²) in [6.07, 6.45) is 0. The second-order valence-electron chi connectivity index (χ2n) is 1.11. The number of halogens is 1. The quantitative estimate of drug-likeness (QED) is 0.555. The third-order valence-corrected chi connectivity index (χ3v) is 0.250. The molecule has 8 heteroatoms. The monoisotopic (exact) mass is 270 g/mol. The van der Waals surface area contributed by atoms with Gasteiger partial charge in [0.15, 0.2) is 0 Å². The van der Waals surface area contributed by atoms with Gasteiger partial charge in [0.25, 0.3) is 0 Å². The molecule has 0 spiro atoms. The van der Waals surface area contributed by atoms with Gasteiger partial charge in [-0.25, -0.2) is 0 Å². The van der Waals surface area contributed by atoms with E-state index >= 15 is 0 Å². The maximum Gasteiger partial charge on any atom is -0.171 e. The number of hydrogen-bond donors (Lipinski definition) is 0. The van der Waals surface area contributed by atoms with E-state index in [1.165, 1.54) is 0 Å². The van der Waals surface area contributed by atoms with Crippen molar-refractivity contribution in [2.75, 3.05) is 26.2 Å². The standard InChI is InChI=1S/2C2H6N2.CHNS.ClH.Co/c2*3-1-2-4;2-1-3;;/h2*3-4H,1-2H2;3H;1H;/q2*-2;;;+3. The molecule has 0 aromatic heterocycles. The van der Waals surface area contributed by atoms with Gasteiger partial charge in [-0.05, 0) is 0 Å². The molecular weight excluding hydrogens is 257 g/mol. The fourth-order valence-electron chi connectivity index (χ4n) is 0. The van der Waals surface area contributed by atoms with Gasteiger partial charge in [-0.15, -0.1) is 5.26 Å². The van der Waals surface area contributed by atoms with E-state index in [0.29, 0.717) is 0 Å². The van der Waals surface area contributed by atoms with Crippen LogP contribution in [0.1, 0.15) is 0 Å². The third kappa shape index (κ3) is 223. The van der Waals surface area contributed by atoms with Crippen molar-refractivity contribution in [2.45, 2.75) is 0 Å². The molecular formula is C5H14ClCoN5S-. The number of hydrogen-bond acceptors (Lipinski definition) is 1. The summed E-state index contributed by atoms with van der Waals surface area (Å²) < 4.78 is 0. The van der Waals surface area contributed by atoms with Crippen LogP contribution in [-0.2, 0) is 27.5 Å². The van der Waals surface area contributed by atoms with E-state index in [1.54, 1.807) is 5.40 Å². The van der Waals surface area contributed by atoms with Gasteiger partial charge in [0, 0.05) is 0 Å². The molecule has 0 radical (unpaired) electrons. The molecule has 0 unspecified atom stereocenters. The molecule has 0 saturated carbocycles. The Morgan fingerprint density at radius 2 is 1.08 bits per heavy atom. The average Bonchev–Trinajstić information content (AvgIpc) is 2.22. The summed E-state index contributed by atoms with van der Waals surface area (Å²) in [5.41, 5.74) is 25.1. The predicted molar refractivity (Wildman–Crippen MR) is 58.4 cm³/mol. The summed E-state index contributed by atoms with van der Waals surface area (Å²) in [6.45, 7) is 0.944. The van der Waals surface area contributed by atoms with Gasteiger partial charge < -0.3 is 22.9 Å². The molecule has 0 atom stereocenters. The summed E-state index contributed by atoms with van der Waals surface area (Å²) in [5.74, 6) is 0. The van der Waals surface area contributed by atoms with Gasteiger partial charge in [-0.2, -0.15) is 26.2 Å². The second-order valence-corrected chi connectivity index (χ2v) is 1.34. The van der Waals surface area contributed by atoms with Crippen molar-refractivity contribution < 1.29 is 14.8 Å². The summed E-state index contributed by atoms with van der Waals surface area (Å²) in [5, 5.41) is 8.79. The van der Waals surface area contributed by atoms with Gasteiger partial charge >= 0.3 is 30.4 Å². The van der Waals surface area contributed by atoms with Crippen LogP contribution in [0.5, 0.6) is 0 Å². The maximum atomic E-state index is 7.23. The number of thiocyanates is 1. The minimum absolute atomic E-state index is 0.236. The summed E-state index contributed by atoms with van der Waals surface area (Å²) in [4.78, 5) is 0. The Morgan fingerprint density at radius 1 is 1.00 bits per heavy atom. The van der Waals surface area contributed by atoms with Crippen LogP contribution in [0.15, 0.2) is 0 Å². The Labute approximate surface area is 97.4 Å². The van der Waals surface area contributed by atoms with Crippen molar-refractivity contribution >= 4 is 22.8 Å². The third-order valence-electron chi connectivity index (χ3n) is 0.250. The first-order valence-electron chi connectivity index (χ1n) is 3.01. The zero-order chi connectivity index (χ0) is 11.5. The van der Waals surface area contributed by atoms with Gasteiger partial charge in [-0.3, -0.25) is 0 Å².